The maximum Gasteiger partial charge on any atom is 0.270 e. The number of ether oxygens (including phenoxy) is 1. The summed E-state index contributed by atoms with van der Waals surface area (Å²) in [5.41, 5.74) is 0. The Morgan fingerprint density at radius 2 is 2.00 bits per heavy atom. The van der Waals surface area contributed by atoms with Crippen LogP contribution in [0.1, 0.15) is 9.67 Å². The molecule has 100 valence electrons. The molecule has 0 saturated heterocycles. The zero-order valence-corrected chi connectivity index (χ0v) is 11.6. The number of carbonyl (C=O) groups is 1. The number of thiophene rings is 1. The highest BCUT2D eigenvalue weighted by Crippen LogP contribution is 2.37. The van der Waals surface area contributed by atoms with E-state index in [1.807, 2.05) is 30.3 Å². The Morgan fingerprint density at radius 1 is 1.20 bits per heavy atom. The first-order valence-corrected chi connectivity index (χ1v) is 6.89. The third kappa shape index (κ3) is 2.23. The molecule has 0 unspecified atom stereocenters. The molecule has 3 aromatic rings. The molecule has 4 nitrogen and oxygen atoms in total. The minimum Gasteiger partial charge on any atom is -0.494 e. The largest absolute Gasteiger partial charge is 0.494 e. The van der Waals surface area contributed by atoms with E-state index in [0.717, 1.165) is 10.1 Å². The van der Waals surface area contributed by atoms with E-state index in [0.29, 0.717) is 16.4 Å². The number of methoxy groups -OCH3 is 1. The number of benzene rings is 1. The summed E-state index contributed by atoms with van der Waals surface area (Å²) in [4.78, 5) is 17.0. The number of nitrogens with one attached hydrogen (secondary N) is 1. The number of amides is 1. The molecule has 1 amide bonds. The van der Waals surface area contributed by atoms with E-state index in [-0.39, 0.29) is 5.91 Å². The van der Waals surface area contributed by atoms with Crippen LogP contribution in [0.15, 0.2) is 48.7 Å². The lowest BCUT2D eigenvalue weighted by atomic mass is 10.2. The lowest BCUT2D eigenvalue weighted by Crippen LogP contribution is -2.12. The van der Waals surface area contributed by atoms with Crippen molar-refractivity contribution < 1.29 is 9.53 Å². The number of fused-ring (bicyclic) bond motifs is 1. The van der Waals surface area contributed by atoms with Crippen molar-refractivity contribution in [1.29, 1.82) is 0 Å². The van der Waals surface area contributed by atoms with Crippen molar-refractivity contribution in [3.8, 4) is 5.75 Å². The molecule has 0 aliphatic rings. The van der Waals surface area contributed by atoms with Gasteiger partial charge < -0.3 is 10.1 Å². The monoisotopic (exact) mass is 284 g/mol. The summed E-state index contributed by atoms with van der Waals surface area (Å²) in [5.74, 6) is 0.929. The Kier molecular flexibility index (Phi) is 3.35. The summed E-state index contributed by atoms with van der Waals surface area (Å²) in [6, 6.07) is 13.2. The van der Waals surface area contributed by atoms with Gasteiger partial charge in [-0.3, -0.25) is 4.79 Å². The Hall–Kier alpha value is -2.40. The van der Waals surface area contributed by atoms with E-state index in [2.05, 4.69) is 10.3 Å². The number of nitrogens with zero attached hydrogens (tertiary/aromatic N) is 1. The standard InChI is InChI=1S/C15H12N2O2S/c1-19-13-10-6-2-3-7-11(10)20-14(13)15(18)17-12-8-4-5-9-16-12/h2-9H,1H3,(H,16,17,18). The molecule has 0 spiro atoms. The molecule has 2 aromatic heterocycles. The fraction of sp³-hybridized carbons (Fsp3) is 0.0667. The van der Waals surface area contributed by atoms with Crippen LogP contribution in [-0.2, 0) is 0 Å². The van der Waals surface area contributed by atoms with Crippen LogP contribution in [0.2, 0.25) is 0 Å². The van der Waals surface area contributed by atoms with Crippen LogP contribution in [0.3, 0.4) is 0 Å². The van der Waals surface area contributed by atoms with E-state index in [1.165, 1.54) is 11.3 Å². The lowest BCUT2D eigenvalue weighted by molar-refractivity contribution is 0.102. The first-order valence-electron chi connectivity index (χ1n) is 6.07. The lowest BCUT2D eigenvalue weighted by Gasteiger charge is -2.04. The summed E-state index contributed by atoms with van der Waals surface area (Å²) in [6.07, 6.45) is 1.64. The molecule has 0 radical (unpaired) electrons. The number of anilines is 1. The van der Waals surface area contributed by atoms with E-state index >= 15 is 0 Å². The summed E-state index contributed by atoms with van der Waals surface area (Å²) < 4.78 is 6.41. The predicted octanol–water partition coefficient (Wildman–Crippen LogP) is 3.56. The maximum absolute atomic E-state index is 12.3. The van der Waals surface area contributed by atoms with Gasteiger partial charge in [0, 0.05) is 16.3 Å². The van der Waals surface area contributed by atoms with Gasteiger partial charge in [0.25, 0.3) is 5.91 Å². The Balaban J connectivity index is 1.99. The molecule has 0 atom stereocenters. The molecular formula is C15H12N2O2S. The van der Waals surface area contributed by atoms with Gasteiger partial charge in [0.05, 0.1) is 7.11 Å². The van der Waals surface area contributed by atoms with Crippen LogP contribution < -0.4 is 10.1 Å². The molecule has 0 fully saturated rings. The van der Waals surface area contributed by atoms with E-state index in [1.54, 1.807) is 25.4 Å². The van der Waals surface area contributed by atoms with Crippen molar-refractivity contribution in [2.24, 2.45) is 0 Å². The second-order valence-electron chi connectivity index (χ2n) is 4.13. The highest BCUT2D eigenvalue weighted by molar-refractivity contribution is 7.21. The first kappa shape index (κ1) is 12.6. The number of hydrogen-bond acceptors (Lipinski definition) is 4. The van der Waals surface area contributed by atoms with Crippen LogP contribution in [-0.4, -0.2) is 18.0 Å². The predicted molar refractivity (Wildman–Crippen MR) is 80.6 cm³/mol. The minimum absolute atomic E-state index is 0.207. The van der Waals surface area contributed by atoms with E-state index in [4.69, 9.17) is 4.74 Å². The van der Waals surface area contributed by atoms with Crippen molar-refractivity contribution in [2.75, 3.05) is 12.4 Å². The Labute approximate surface area is 120 Å². The first-order chi connectivity index (χ1) is 9.79. The topological polar surface area (TPSA) is 51.2 Å². The maximum atomic E-state index is 12.3. The molecule has 0 aliphatic carbocycles. The SMILES string of the molecule is COc1c(C(=O)Nc2ccccn2)sc2ccccc12. The summed E-state index contributed by atoms with van der Waals surface area (Å²) >= 11 is 1.41. The van der Waals surface area contributed by atoms with Crippen LogP contribution >= 0.6 is 11.3 Å². The molecule has 3 rings (SSSR count). The average molecular weight is 284 g/mol. The molecule has 1 aromatic carbocycles. The van der Waals surface area contributed by atoms with Gasteiger partial charge in [-0.1, -0.05) is 18.2 Å². The highest BCUT2D eigenvalue weighted by Gasteiger charge is 2.19. The molecule has 0 saturated carbocycles. The number of pyridine rings is 1. The molecule has 20 heavy (non-hydrogen) atoms. The average Bonchev–Trinajstić information content (AvgIpc) is 2.87. The van der Waals surface area contributed by atoms with Gasteiger partial charge in [-0.05, 0) is 24.3 Å². The highest BCUT2D eigenvalue weighted by atomic mass is 32.1. The molecular weight excluding hydrogens is 272 g/mol. The quantitative estimate of drug-likeness (QED) is 0.800. The van der Waals surface area contributed by atoms with Gasteiger partial charge >= 0.3 is 0 Å². The molecule has 1 N–H and O–H groups in total. The Morgan fingerprint density at radius 3 is 2.75 bits per heavy atom. The number of hydrogen-bond donors (Lipinski definition) is 1. The van der Waals surface area contributed by atoms with Crippen molar-refractivity contribution >= 4 is 33.1 Å². The normalized spacial score (nSPS) is 10.4. The number of aromatic nitrogens is 1. The van der Waals surface area contributed by atoms with Crippen LogP contribution in [0.25, 0.3) is 10.1 Å². The van der Waals surface area contributed by atoms with Gasteiger partial charge in [0.15, 0.2) is 0 Å². The fourth-order valence-corrected chi connectivity index (χ4v) is 3.05. The van der Waals surface area contributed by atoms with Crippen LogP contribution in [0, 0.1) is 0 Å². The van der Waals surface area contributed by atoms with Crippen molar-refractivity contribution in [2.45, 2.75) is 0 Å². The molecule has 0 aliphatic heterocycles. The van der Waals surface area contributed by atoms with E-state index < -0.39 is 0 Å². The fourth-order valence-electron chi connectivity index (χ4n) is 1.98. The van der Waals surface area contributed by atoms with Gasteiger partial charge in [0.2, 0.25) is 0 Å². The van der Waals surface area contributed by atoms with Gasteiger partial charge in [-0.2, -0.15) is 0 Å². The summed E-state index contributed by atoms with van der Waals surface area (Å²) in [7, 11) is 1.58. The second kappa shape index (κ2) is 5.30. The van der Waals surface area contributed by atoms with Gasteiger partial charge in [-0.15, -0.1) is 11.3 Å². The van der Waals surface area contributed by atoms with E-state index in [9.17, 15) is 4.79 Å². The second-order valence-corrected chi connectivity index (χ2v) is 5.18. The molecule has 0 bridgehead atoms. The zero-order chi connectivity index (χ0) is 13.9. The van der Waals surface area contributed by atoms with Crippen molar-refractivity contribution in [3.63, 3.8) is 0 Å². The van der Waals surface area contributed by atoms with Crippen molar-refractivity contribution in [1.82, 2.24) is 4.98 Å². The van der Waals surface area contributed by atoms with Crippen LogP contribution in [0.4, 0.5) is 5.82 Å². The molecule has 5 heteroatoms. The third-order valence-corrected chi connectivity index (χ3v) is 4.02. The summed E-state index contributed by atoms with van der Waals surface area (Å²) in [6.45, 7) is 0. The zero-order valence-electron chi connectivity index (χ0n) is 10.8. The van der Waals surface area contributed by atoms with Crippen molar-refractivity contribution in [3.05, 3.63) is 53.5 Å². The summed E-state index contributed by atoms with van der Waals surface area (Å²) in [5, 5.41) is 3.72. The van der Waals surface area contributed by atoms with Crippen LogP contribution in [0.5, 0.6) is 5.75 Å². The Bertz CT molecular complexity index is 753. The van der Waals surface area contributed by atoms with Gasteiger partial charge in [-0.25, -0.2) is 4.98 Å². The third-order valence-electron chi connectivity index (χ3n) is 2.87. The minimum atomic E-state index is -0.207. The molecule has 2 heterocycles. The smallest absolute Gasteiger partial charge is 0.270 e. The van der Waals surface area contributed by atoms with Gasteiger partial charge in [0.1, 0.15) is 16.4 Å². The number of carbonyl (C=O) groups excluding carboxylic acids is 1. The number of rotatable bonds is 3.